The van der Waals surface area contributed by atoms with Crippen molar-refractivity contribution in [1.82, 2.24) is 0 Å². The second-order valence-corrected chi connectivity index (χ2v) is 5.07. The van der Waals surface area contributed by atoms with Gasteiger partial charge in [0.2, 0.25) is 0 Å². The fourth-order valence-electron chi connectivity index (χ4n) is 2.60. The third-order valence-corrected chi connectivity index (χ3v) is 3.68. The van der Waals surface area contributed by atoms with E-state index in [1.165, 1.54) is 10.9 Å². The zero-order valence-electron chi connectivity index (χ0n) is 12.1. The molecule has 0 unspecified atom stereocenters. The SMILES string of the molecule is CCc1oc2ccccc2c1CNc1cccc(CO)c1. The second kappa shape index (κ2) is 6.02. The van der Waals surface area contributed by atoms with Crippen molar-refractivity contribution in [3.05, 3.63) is 65.4 Å². The number of para-hydroxylation sites is 1. The summed E-state index contributed by atoms with van der Waals surface area (Å²) in [6.45, 7) is 2.88. The Balaban J connectivity index is 1.87. The van der Waals surface area contributed by atoms with Gasteiger partial charge in [0.05, 0.1) is 6.61 Å². The first-order valence-electron chi connectivity index (χ1n) is 7.24. The number of aliphatic hydroxyl groups is 1. The first-order chi connectivity index (χ1) is 10.3. The van der Waals surface area contributed by atoms with Crippen molar-refractivity contribution in [3.8, 4) is 0 Å². The van der Waals surface area contributed by atoms with Gasteiger partial charge in [0, 0.05) is 29.6 Å². The largest absolute Gasteiger partial charge is 0.461 e. The van der Waals surface area contributed by atoms with Crippen molar-refractivity contribution in [3.63, 3.8) is 0 Å². The summed E-state index contributed by atoms with van der Waals surface area (Å²) in [5.41, 5.74) is 4.07. The van der Waals surface area contributed by atoms with Gasteiger partial charge in [-0.25, -0.2) is 0 Å². The van der Waals surface area contributed by atoms with E-state index < -0.39 is 0 Å². The predicted octanol–water partition coefficient (Wildman–Crippen LogP) is 4.10. The van der Waals surface area contributed by atoms with Crippen LogP contribution < -0.4 is 5.32 Å². The summed E-state index contributed by atoms with van der Waals surface area (Å²) < 4.78 is 5.90. The monoisotopic (exact) mass is 281 g/mol. The number of nitrogens with one attached hydrogen (secondary N) is 1. The molecule has 0 aliphatic carbocycles. The molecule has 3 rings (SSSR count). The van der Waals surface area contributed by atoms with Crippen LogP contribution in [0.2, 0.25) is 0 Å². The number of anilines is 1. The number of aryl methyl sites for hydroxylation is 1. The van der Waals surface area contributed by atoms with Gasteiger partial charge < -0.3 is 14.8 Å². The summed E-state index contributed by atoms with van der Waals surface area (Å²) >= 11 is 0. The Morgan fingerprint density at radius 3 is 2.76 bits per heavy atom. The Hall–Kier alpha value is -2.26. The standard InChI is InChI=1S/C18H19NO2/c1-2-17-16(15-8-3-4-9-18(15)21-17)11-19-14-7-5-6-13(10-14)12-20/h3-10,19-20H,2,11-12H2,1H3. The van der Waals surface area contributed by atoms with Crippen molar-refractivity contribution in [2.24, 2.45) is 0 Å². The maximum Gasteiger partial charge on any atom is 0.134 e. The zero-order chi connectivity index (χ0) is 14.7. The van der Waals surface area contributed by atoms with E-state index in [0.29, 0.717) is 0 Å². The van der Waals surface area contributed by atoms with Gasteiger partial charge in [0.1, 0.15) is 11.3 Å². The maximum absolute atomic E-state index is 9.19. The van der Waals surface area contributed by atoms with Crippen LogP contribution in [-0.2, 0) is 19.6 Å². The molecule has 0 bridgehead atoms. The molecule has 3 nitrogen and oxygen atoms in total. The molecular weight excluding hydrogens is 262 g/mol. The molecule has 1 aromatic heterocycles. The Labute approximate surface area is 124 Å². The lowest BCUT2D eigenvalue weighted by molar-refractivity contribution is 0.282. The van der Waals surface area contributed by atoms with Crippen LogP contribution in [0.1, 0.15) is 23.8 Å². The van der Waals surface area contributed by atoms with Gasteiger partial charge in [-0.05, 0) is 23.8 Å². The number of rotatable bonds is 5. The van der Waals surface area contributed by atoms with Crippen LogP contribution in [0, 0.1) is 0 Å². The predicted molar refractivity (Wildman–Crippen MR) is 85.3 cm³/mol. The quantitative estimate of drug-likeness (QED) is 0.740. The van der Waals surface area contributed by atoms with Crippen LogP contribution in [0.3, 0.4) is 0 Å². The van der Waals surface area contributed by atoms with Gasteiger partial charge in [0.15, 0.2) is 0 Å². The molecule has 2 N–H and O–H groups in total. The molecule has 108 valence electrons. The number of hydrogen-bond acceptors (Lipinski definition) is 3. The van der Waals surface area contributed by atoms with Crippen molar-refractivity contribution in [2.75, 3.05) is 5.32 Å². The summed E-state index contributed by atoms with van der Waals surface area (Å²) in [5.74, 6) is 1.03. The second-order valence-electron chi connectivity index (χ2n) is 5.07. The van der Waals surface area contributed by atoms with Crippen LogP contribution in [0.25, 0.3) is 11.0 Å². The highest BCUT2D eigenvalue weighted by Gasteiger charge is 2.11. The minimum Gasteiger partial charge on any atom is -0.461 e. The fourth-order valence-corrected chi connectivity index (χ4v) is 2.60. The fraction of sp³-hybridized carbons (Fsp3) is 0.222. The molecule has 2 aromatic carbocycles. The summed E-state index contributed by atoms with van der Waals surface area (Å²) in [7, 11) is 0. The Morgan fingerprint density at radius 2 is 1.95 bits per heavy atom. The van der Waals surface area contributed by atoms with Gasteiger partial charge in [-0.3, -0.25) is 0 Å². The molecule has 0 saturated carbocycles. The first kappa shape index (κ1) is 13.7. The number of aliphatic hydroxyl groups excluding tert-OH is 1. The third kappa shape index (κ3) is 2.78. The smallest absolute Gasteiger partial charge is 0.134 e. The molecule has 0 aliphatic heterocycles. The summed E-state index contributed by atoms with van der Waals surface area (Å²) in [4.78, 5) is 0. The molecule has 0 saturated heterocycles. The van der Waals surface area contributed by atoms with E-state index in [4.69, 9.17) is 4.42 Å². The normalized spacial score (nSPS) is 11.0. The molecule has 3 aromatic rings. The van der Waals surface area contributed by atoms with Gasteiger partial charge in [-0.1, -0.05) is 37.3 Å². The molecule has 0 aliphatic rings. The highest BCUT2D eigenvalue weighted by molar-refractivity contribution is 5.82. The topological polar surface area (TPSA) is 45.4 Å². The average molecular weight is 281 g/mol. The first-order valence-corrected chi connectivity index (χ1v) is 7.24. The van der Waals surface area contributed by atoms with Crippen LogP contribution in [0.5, 0.6) is 0 Å². The maximum atomic E-state index is 9.19. The molecular formula is C18H19NO2. The van der Waals surface area contributed by atoms with Crippen molar-refractivity contribution in [2.45, 2.75) is 26.5 Å². The van der Waals surface area contributed by atoms with Crippen LogP contribution >= 0.6 is 0 Å². The molecule has 0 radical (unpaired) electrons. The Morgan fingerprint density at radius 1 is 1.10 bits per heavy atom. The summed E-state index contributed by atoms with van der Waals surface area (Å²) in [6.07, 6.45) is 0.877. The van der Waals surface area contributed by atoms with Gasteiger partial charge in [0.25, 0.3) is 0 Å². The summed E-state index contributed by atoms with van der Waals surface area (Å²) in [5, 5.41) is 13.8. The molecule has 0 amide bonds. The van der Waals surface area contributed by atoms with Crippen molar-refractivity contribution in [1.29, 1.82) is 0 Å². The van der Waals surface area contributed by atoms with Gasteiger partial charge in [-0.15, -0.1) is 0 Å². The molecule has 1 heterocycles. The third-order valence-electron chi connectivity index (χ3n) is 3.68. The minimum atomic E-state index is 0.0599. The highest BCUT2D eigenvalue weighted by atomic mass is 16.3. The molecule has 0 fully saturated rings. The average Bonchev–Trinajstić information content (AvgIpc) is 2.91. The van der Waals surface area contributed by atoms with Crippen molar-refractivity contribution >= 4 is 16.7 Å². The van der Waals surface area contributed by atoms with Crippen LogP contribution in [0.4, 0.5) is 5.69 Å². The highest BCUT2D eigenvalue weighted by Crippen LogP contribution is 2.27. The van der Waals surface area contributed by atoms with Gasteiger partial charge >= 0.3 is 0 Å². The van der Waals surface area contributed by atoms with E-state index >= 15 is 0 Å². The minimum absolute atomic E-state index is 0.0599. The van der Waals surface area contributed by atoms with Crippen LogP contribution in [0.15, 0.2) is 52.9 Å². The van der Waals surface area contributed by atoms with E-state index in [1.54, 1.807) is 0 Å². The van der Waals surface area contributed by atoms with Gasteiger partial charge in [-0.2, -0.15) is 0 Å². The van der Waals surface area contributed by atoms with Crippen LogP contribution in [-0.4, -0.2) is 5.11 Å². The number of furan rings is 1. The van der Waals surface area contributed by atoms with E-state index in [-0.39, 0.29) is 6.61 Å². The number of fused-ring (bicyclic) bond motifs is 1. The Bertz CT molecular complexity index is 746. The van der Waals surface area contributed by atoms with E-state index in [1.807, 2.05) is 42.5 Å². The van der Waals surface area contributed by atoms with E-state index in [9.17, 15) is 5.11 Å². The lowest BCUT2D eigenvalue weighted by Crippen LogP contribution is -2.01. The number of hydrogen-bond donors (Lipinski definition) is 2. The van der Waals surface area contributed by atoms with E-state index in [2.05, 4.69) is 18.3 Å². The zero-order valence-corrected chi connectivity index (χ0v) is 12.1. The lowest BCUT2D eigenvalue weighted by Gasteiger charge is -2.08. The molecule has 21 heavy (non-hydrogen) atoms. The summed E-state index contributed by atoms with van der Waals surface area (Å²) in [6, 6.07) is 16.0. The molecule has 0 spiro atoms. The van der Waals surface area contributed by atoms with Crippen molar-refractivity contribution < 1.29 is 9.52 Å². The van der Waals surface area contributed by atoms with E-state index in [0.717, 1.165) is 35.6 Å². The molecule has 0 atom stereocenters. The molecule has 3 heteroatoms. The number of benzene rings is 2. The Kier molecular flexibility index (Phi) is 3.93. The lowest BCUT2D eigenvalue weighted by atomic mass is 10.1.